The molecule has 23 heavy (non-hydrogen) atoms. The fourth-order valence-electron chi connectivity index (χ4n) is 2.16. The van der Waals surface area contributed by atoms with Gasteiger partial charge in [0.1, 0.15) is 5.82 Å². The van der Waals surface area contributed by atoms with Crippen LogP contribution in [-0.4, -0.2) is 15.2 Å². The minimum atomic E-state index is -0.310. The Morgan fingerprint density at radius 1 is 1.09 bits per heavy atom. The van der Waals surface area contributed by atoms with Crippen LogP contribution in [0.5, 0.6) is 0 Å². The maximum Gasteiger partial charge on any atom is 0.244 e. The molecular formula is C17H16FN5. The number of aryl methyl sites for hydroxylation is 1. The summed E-state index contributed by atoms with van der Waals surface area (Å²) in [5.74, 6) is 0.597. The molecule has 0 saturated carbocycles. The van der Waals surface area contributed by atoms with Gasteiger partial charge in [-0.05, 0) is 30.7 Å². The summed E-state index contributed by atoms with van der Waals surface area (Å²) in [5, 5.41) is 14.0. The molecule has 6 heteroatoms. The number of nitrogens with one attached hydrogen (secondary N) is 2. The summed E-state index contributed by atoms with van der Waals surface area (Å²) < 4.78 is 13.2. The van der Waals surface area contributed by atoms with Crippen LogP contribution in [0.1, 0.15) is 11.1 Å². The van der Waals surface area contributed by atoms with Gasteiger partial charge in [-0.25, -0.2) is 4.39 Å². The Morgan fingerprint density at radius 3 is 2.78 bits per heavy atom. The van der Waals surface area contributed by atoms with E-state index in [1.165, 1.54) is 23.9 Å². The lowest BCUT2D eigenvalue weighted by molar-refractivity contribution is 0.628. The van der Waals surface area contributed by atoms with Crippen LogP contribution in [-0.2, 0) is 6.54 Å². The SMILES string of the molecule is Cc1cccc(CNc2nncc(Nc3cccc(F)c3)n2)c1. The first-order valence-electron chi connectivity index (χ1n) is 7.21. The number of aromatic nitrogens is 3. The Balaban J connectivity index is 1.67. The molecule has 0 aliphatic carbocycles. The largest absolute Gasteiger partial charge is 0.349 e. The maximum absolute atomic E-state index is 13.2. The van der Waals surface area contributed by atoms with Crippen LogP contribution in [0.2, 0.25) is 0 Å². The molecule has 2 aromatic carbocycles. The lowest BCUT2D eigenvalue weighted by Crippen LogP contribution is -2.06. The Bertz CT molecular complexity index is 806. The molecule has 0 saturated heterocycles. The van der Waals surface area contributed by atoms with E-state index in [0.717, 1.165) is 5.56 Å². The van der Waals surface area contributed by atoms with E-state index in [-0.39, 0.29) is 5.82 Å². The number of hydrogen-bond donors (Lipinski definition) is 2. The smallest absolute Gasteiger partial charge is 0.244 e. The summed E-state index contributed by atoms with van der Waals surface area (Å²) in [7, 11) is 0. The number of anilines is 3. The number of hydrogen-bond acceptors (Lipinski definition) is 5. The summed E-state index contributed by atoms with van der Waals surface area (Å²) in [5.41, 5.74) is 2.94. The number of rotatable bonds is 5. The Hall–Kier alpha value is -3.02. The van der Waals surface area contributed by atoms with Crippen molar-refractivity contribution >= 4 is 17.5 Å². The van der Waals surface area contributed by atoms with Crippen molar-refractivity contribution in [2.45, 2.75) is 13.5 Å². The van der Waals surface area contributed by atoms with E-state index in [2.05, 4.69) is 31.9 Å². The van der Waals surface area contributed by atoms with Gasteiger partial charge in [0.25, 0.3) is 0 Å². The maximum atomic E-state index is 13.2. The molecule has 0 fully saturated rings. The third-order valence-corrected chi connectivity index (χ3v) is 3.19. The molecule has 116 valence electrons. The van der Waals surface area contributed by atoms with Crippen molar-refractivity contribution in [2.75, 3.05) is 10.6 Å². The van der Waals surface area contributed by atoms with Gasteiger partial charge >= 0.3 is 0 Å². The van der Waals surface area contributed by atoms with Crippen LogP contribution in [0.25, 0.3) is 0 Å². The van der Waals surface area contributed by atoms with Crippen molar-refractivity contribution in [1.82, 2.24) is 15.2 Å². The molecule has 0 spiro atoms. The van der Waals surface area contributed by atoms with Crippen molar-refractivity contribution < 1.29 is 4.39 Å². The zero-order valence-corrected chi connectivity index (χ0v) is 12.6. The molecule has 1 aromatic heterocycles. The van der Waals surface area contributed by atoms with E-state index >= 15 is 0 Å². The van der Waals surface area contributed by atoms with Gasteiger partial charge in [-0.3, -0.25) is 0 Å². The fourth-order valence-corrected chi connectivity index (χ4v) is 2.16. The first-order chi connectivity index (χ1) is 11.2. The molecule has 0 aliphatic rings. The molecule has 5 nitrogen and oxygen atoms in total. The third kappa shape index (κ3) is 4.23. The highest BCUT2D eigenvalue weighted by atomic mass is 19.1. The molecule has 3 aromatic rings. The van der Waals surface area contributed by atoms with Crippen molar-refractivity contribution in [3.8, 4) is 0 Å². The predicted octanol–water partition coefficient (Wildman–Crippen LogP) is 3.67. The van der Waals surface area contributed by atoms with Crippen molar-refractivity contribution in [3.63, 3.8) is 0 Å². The molecule has 0 aliphatic heterocycles. The summed E-state index contributed by atoms with van der Waals surface area (Å²) >= 11 is 0. The van der Waals surface area contributed by atoms with E-state index in [9.17, 15) is 4.39 Å². The second-order valence-electron chi connectivity index (χ2n) is 5.14. The first-order valence-corrected chi connectivity index (χ1v) is 7.21. The van der Waals surface area contributed by atoms with Crippen LogP contribution < -0.4 is 10.6 Å². The fraction of sp³-hybridized carbons (Fsp3) is 0.118. The summed E-state index contributed by atoms with van der Waals surface area (Å²) in [6, 6.07) is 14.3. The van der Waals surface area contributed by atoms with Gasteiger partial charge in [0, 0.05) is 12.2 Å². The van der Waals surface area contributed by atoms with Crippen LogP contribution >= 0.6 is 0 Å². The zero-order chi connectivity index (χ0) is 16.1. The van der Waals surface area contributed by atoms with Gasteiger partial charge in [-0.15, -0.1) is 5.10 Å². The second-order valence-corrected chi connectivity index (χ2v) is 5.14. The van der Waals surface area contributed by atoms with E-state index in [0.29, 0.717) is 24.0 Å². The predicted molar refractivity (Wildman–Crippen MR) is 88.0 cm³/mol. The minimum Gasteiger partial charge on any atom is -0.349 e. The van der Waals surface area contributed by atoms with E-state index in [1.54, 1.807) is 12.1 Å². The summed E-state index contributed by atoms with van der Waals surface area (Å²) in [6.07, 6.45) is 1.49. The molecule has 0 amide bonds. The highest BCUT2D eigenvalue weighted by molar-refractivity contribution is 5.55. The van der Waals surface area contributed by atoms with Crippen molar-refractivity contribution in [1.29, 1.82) is 0 Å². The van der Waals surface area contributed by atoms with E-state index in [4.69, 9.17) is 0 Å². The van der Waals surface area contributed by atoms with E-state index in [1.807, 2.05) is 25.1 Å². The lowest BCUT2D eigenvalue weighted by atomic mass is 10.1. The number of benzene rings is 2. The molecular weight excluding hydrogens is 293 g/mol. The Morgan fingerprint density at radius 2 is 1.96 bits per heavy atom. The molecule has 0 radical (unpaired) electrons. The monoisotopic (exact) mass is 309 g/mol. The molecule has 0 bridgehead atoms. The number of nitrogens with zero attached hydrogens (tertiary/aromatic N) is 3. The van der Waals surface area contributed by atoms with Crippen molar-refractivity contribution in [3.05, 3.63) is 71.7 Å². The van der Waals surface area contributed by atoms with Crippen LogP contribution in [0.3, 0.4) is 0 Å². The van der Waals surface area contributed by atoms with E-state index < -0.39 is 0 Å². The quantitative estimate of drug-likeness (QED) is 0.753. The highest BCUT2D eigenvalue weighted by Crippen LogP contribution is 2.15. The molecule has 1 heterocycles. The van der Waals surface area contributed by atoms with Gasteiger partial charge in [-0.2, -0.15) is 10.1 Å². The van der Waals surface area contributed by atoms with Crippen LogP contribution in [0, 0.1) is 12.7 Å². The Labute approximate surface area is 133 Å². The van der Waals surface area contributed by atoms with Gasteiger partial charge in [0.15, 0.2) is 5.82 Å². The van der Waals surface area contributed by atoms with Crippen molar-refractivity contribution in [2.24, 2.45) is 0 Å². The first kappa shape index (κ1) is 14.9. The summed E-state index contributed by atoms with van der Waals surface area (Å²) in [4.78, 5) is 4.32. The normalized spacial score (nSPS) is 10.3. The molecule has 0 unspecified atom stereocenters. The second kappa shape index (κ2) is 6.83. The standard InChI is InChI=1S/C17H16FN5/c1-12-4-2-5-13(8-12)10-19-17-22-16(11-20-23-17)21-15-7-3-6-14(18)9-15/h2-9,11H,10H2,1H3,(H2,19,21,22,23). The third-order valence-electron chi connectivity index (χ3n) is 3.19. The topological polar surface area (TPSA) is 62.7 Å². The molecule has 3 rings (SSSR count). The van der Waals surface area contributed by atoms with Crippen LogP contribution in [0.4, 0.5) is 21.8 Å². The van der Waals surface area contributed by atoms with Gasteiger partial charge in [-0.1, -0.05) is 35.9 Å². The molecule has 2 N–H and O–H groups in total. The van der Waals surface area contributed by atoms with Gasteiger partial charge in [0.05, 0.1) is 6.20 Å². The average molecular weight is 309 g/mol. The average Bonchev–Trinajstić information content (AvgIpc) is 2.53. The summed E-state index contributed by atoms with van der Waals surface area (Å²) in [6.45, 7) is 2.65. The van der Waals surface area contributed by atoms with Gasteiger partial charge < -0.3 is 10.6 Å². The minimum absolute atomic E-state index is 0.310. The highest BCUT2D eigenvalue weighted by Gasteiger charge is 2.02. The van der Waals surface area contributed by atoms with Gasteiger partial charge in [0.2, 0.25) is 5.95 Å². The number of halogens is 1. The lowest BCUT2D eigenvalue weighted by Gasteiger charge is -2.08. The molecule has 0 atom stereocenters. The Kier molecular flexibility index (Phi) is 4.42. The van der Waals surface area contributed by atoms with Crippen LogP contribution in [0.15, 0.2) is 54.7 Å². The zero-order valence-electron chi connectivity index (χ0n) is 12.6.